The van der Waals surface area contributed by atoms with Gasteiger partial charge < -0.3 is 16.4 Å². The molecule has 0 radical (unpaired) electrons. The Morgan fingerprint density at radius 2 is 1.96 bits per heavy atom. The van der Waals surface area contributed by atoms with Gasteiger partial charge in [0.1, 0.15) is 5.69 Å². The summed E-state index contributed by atoms with van der Waals surface area (Å²) in [6, 6.07) is 5.59. The van der Waals surface area contributed by atoms with Gasteiger partial charge in [0.05, 0.1) is 6.54 Å². The Morgan fingerprint density at radius 1 is 1.22 bits per heavy atom. The zero-order valence-corrected chi connectivity index (χ0v) is 13.2. The zero-order chi connectivity index (χ0) is 16.2. The van der Waals surface area contributed by atoms with Crippen molar-refractivity contribution in [1.82, 2.24) is 15.6 Å². The SMILES string of the molecule is NC1CC2CCCC(C1)C2NC(=O)CNC(=O)c1ccccn1. The fourth-order valence-electron chi connectivity index (χ4n) is 4.01. The van der Waals surface area contributed by atoms with E-state index in [-0.39, 0.29) is 30.4 Å². The highest BCUT2D eigenvalue weighted by Gasteiger charge is 2.39. The smallest absolute Gasteiger partial charge is 0.270 e. The minimum absolute atomic E-state index is 0.0165. The first-order valence-corrected chi connectivity index (χ1v) is 8.37. The topological polar surface area (TPSA) is 97.1 Å². The van der Waals surface area contributed by atoms with Crippen molar-refractivity contribution in [3.63, 3.8) is 0 Å². The van der Waals surface area contributed by atoms with Gasteiger partial charge in [0.25, 0.3) is 5.91 Å². The maximum absolute atomic E-state index is 12.2. The van der Waals surface area contributed by atoms with Crippen molar-refractivity contribution in [2.45, 2.75) is 44.2 Å². The van der Waals surface area contributed by atoms with Crippen molar-refractivity contribution in [1.29, 1.82) is 0 Å². The summed E-state index contributed by atoms with van der Waals surface area (Å²) >= 11 is 0. The Kier molecular flexibility index (Phi) is 4.91. The Hall–Kier alpha value is -1.95. The number of carbonyl (C=O) groups is 2. The summed E-state index contributed by atoms with van der Waals surface area (Å²) < 4.78 is 0. The molecular formula is C17H24N4O2. The third kappa shape index (κ3) is 3.88. The van der Waals surface area contributed by atoms with Crippen LogP contribution in [0.1, 0.15) is 42.6 Å². The van der Waals surface area contributed by atoms with Crippen LogP contribution in [0.15, 0.2) is 24.4 Å². The van der Waals surface area contributed by atoms with Crippen molar-refractivity contribution in [3.8, 4) is 0 Å². The number of fused-ring (bicyclic) bond motifs is 2. The number of nitrogens with one attached hydrogen (secondary N) is 2. The molecule has 0 aromatic carbocycles. The van der Waals surface area contributed by atoms with Crippen LogP contribution in [0.3, 0.4) is 0 Å². The first-order chi connectivity index (χ1) is 11.1. The van der Waals surface area contributed by atoms with Crippen LogP contribution < -0.4 is 16.4 Å². The molecule has 2 bridgehead atoms. The third-order valence-corrected chi connectivity index (χ3v) is 5.01. The minimum atomic E-state index is -0.327. The summed E-state index contributed by atoms with van der Waals surface area (Å²) in [7, 11) is 0. The normalized spacial score (nSPS) is 29.6. The average molecular weight is 316 g/mol. The quantitative estimate of drug-likeness (QED) is 0.766. The van der Waals surface area contributed by atoms with E-state index >= 15 is 0 Å². The van der Waals surface area contributed by atoms with Crippen LogP contribution >= 0.6 is 0 Å². The molecule has 0 saturated heterocycles. The van der Waals surface area contributed by atoms with Gasteiger partial charge in [-0.3, -0.25) is 14.6 Å². The van der Waals surface area contributed by atoms with Crippen LogP contribution in [0.4, 0.5) is 0 Å². The predicted molar refractivity (Wildman–Crippen MR) is 86.5 cm³/mol. The van der Waals surface area contributed by atoms with Gasteiger partial charge in [0, 0.05) is 18.3 Å². The second-order valence-corrected chi connectivity index (χ2v) is 6.67. The van der Waals surface area contributed by atoms with Crippen LogP contribution in [-0.4, -0.2) is 35.4 Å². The van der Waals surface area contributed by atoms with Crippen LogP contribution in [0.2, 0.25) is 0 Å². The second-order valence-electron chi connectivity index (χ2n) is 6.67. The molecule has 2 aliphatic carbocycles. The lowest BCUT2D eigenvalue weighted by Gasteiger charge is -2.45. The summed E-state index contributed by atoms with van der Waals surface area (Å²) in [4.78, 5) is 28.1. The molecule has 124 valence electrons. The van der Waals surface area contributed by atoms with Gasteiger partial charge in [-0.05, 0) is 49.7 Å². The molecule has 2 atom stereocenters. The summed E-state index contributed by atoms with van der Waals surface area (Å²) in [5.74, 6) is 0.499. The lowest BCUT2D eigenvalue weighted by molar-refractivity contribution is -0.122. The molecule has 2 saturated carbocycles. The molecule has 23 heavy (non-hydrogen) atoms. The molecule has 1 heterocycles. The average Bonchev–Trinajstić information content (AvgIpc) is 2.54. The monoisotopic (exact) mass is 316 g/mol. The number of amides is 2. The molecule has 0 spiro atoms. The van der Waals surface area contributed by atoms with Gasteiger partial charge >= 0.3 is 0 Å². The van der Waals surface area contributed by atoms with Crippen LogP contribution in [0.25, 0.3) is 0 Å². The Bertz CT molecular complexity index is 549. The minimum Gasteiger partial charge on any atom is -0.351 e. The molecule has 4 N–H and O–H groups in total. The van der Waals surface area contributed by atoms with Crippen molar-refractivity contribution in [2.75, 3.05) is 6.54 Å². The highest BCUT2D eigenvalue weighted by molar-refractivity contribution is 5.94. The van der Waals surface area contributed by atoms with E-state index in [0.717, 1.165) is 25.7 Å². The summed E-state index contributed by atoms with van der Waals surface area (Å²) in [6.07, 6.45) is 7.03. The van der Waals surface area contributed by atoms with Crippen molar-refractivity contribution in [2.24, 2.45) is 17.6 Å². The maximum Gasteiger partial charge on any atom is 0.270 e. The summed E-state index contributed by atoms with van der Waals surface area (Å²) in [5, 5.41) is 5.74. The fraction of sp³-hybridized carbons (Fsp3) is 0.588. The van der Waals surface area contributed by atoms with Crippen molar-refractivity contribution >= 4 is 11.8 Å². The summed E-state index contributed by atoms with van der Waals surface area (Å²) in [5.41, 5.74) is 6.42. The number of nitrogens with zero attached hydrogens (tertiary/aromatic N) is 1. The molecule has 2 fully saturated rings. The number of hydrogen-bond acceptors (Lipinski definition) is 4. The highest BCUT2D eigenvalue weighted by atomic mass is 16.2. The first-order valence-electron chi connectivity index (χ1n) is 8.37. The van der Waals surface area contributed by atoms with E-state index in [1.165, 1.54) is 6.42 Å². The molecule has 1 aromatic heterocycles. The van der Waals surface area contributed by atoms with E-state index in [1.54, 1.807) is 24.4 Å². The molecule has 6 heteroatoms. The molecule has 2 aliphatic rings. The molecule has 1 aromatic rings. The van der Waals surface area contributed by atoms with Gasteiger partial charge in [-0.15, -0.1) is 0 Å². The van der Waals surface area contributed by atoms with Crippen LogP contribution in [-0.2, 0) is 4.79 Å². The lowest BCUT2D eigenvalue weighted by Crippen LogP contribution is -2.55. The highest BCUT2D eigenvalue weighted by Crippen LogP contribution is 2.39. The molecule has 0 aliphatic heterocycles. The standard InChI is InChI=1S/C17H24N4O2/c18-13-8-11-4-3-5-12(9-13)16(11)21-15(22)10-20-17(23)14-6-1-2-7-19-14/h1-2,6-7,11-13,16H,3-5,8-10,18H2,(H,20,23)(H,21,22). The van der Waals surface area contributed by atoms with Crippen molar-refractivity contribution < 1.29 is 9.59 Å². The Morgan fingerprint density at radius 3 is 2.61 bits per heavy atom. The number of rotatable bonds is 4. The van der Waals surface area contributed by atoms with Crippen LogP contribution in [0, 0.1) is 11.8 Å². The number of hydrogen-bond donors (Lipinski definition) is 3. The van der Waals surface area contributed by atoms with Gasteiger partial charge in [0.15, 0.2) is 0 Å². The van der Waals surface area contributed by atoms with Gasteiger partial charge in [-0.1, -0.05) is 12.5 Å². The molecular weight excluding hydrogens is 292 g/mol. The van der Waals surface area contributed by atoms with E-state index in [9.17, 15) is 9.59 Å². The predicted octanol–water partition coefficient (Wildman–Crippen LogP) is 0.834. The lowest BCUT2D eigenvalue weighted by atomic mass is 9.67. The second kappa shape index (κ2) is 7.08. The zero-order valence-electron chi connectivity index (χ0n) is 13.2. The van der Waals surface area contributed by atoms with E-state index in [0.29, 0.717) is 17.5 Å². The van der Waals surface area contributed by atoms with Gasteiger partial charge in [-0.25, -0.2) is 0 Å². The number of nitrogens with two attached hydrogens (primary N) is 1. The Balaban J connectivity index is 1.50. The number of aromatic nitrogens is 1. The van der Waals surface area contributed by atoms with E-state index in [4.69, 9.17) is 5.73 Å². The Labute approximate surface area is 136 Å². The van der Waals surface area contributed by atoms with Crippen molar-refractivity contribution in [3.05, 3.63) is 30.1 Å². The van der Waals surface area contributed by atoms with E-state index in [2.05, 4.69) is 15.6 Å². The maximum atomic E-state index is 12.2. The van der Waals surface area contributed by atoms with Crippen LogP contribution in [0.5, 0.6) is 0 Å². The fourth-order valence-corrected chi connectivity index (χ4v) is 4.01. The molecule has 2 unspecified atom stereocenters. The summed E-state index contributed by atoms with van der Waals surface area (Å²) in [6.45, 7) is -0.0165. The molecule has 2 amide bonds. The number of pyridine rings is 1. The molecule has 3 rings (SSSR count). The molecule has 6 nitrogen and oxygen atoms in total. The number of carbonyl (C=O) groups excluding carboxylic acids is 2. The third-order valence-electron chi connectivity index (χ3n) is 5.01. The first kappa shape index (κ1) is 15.9. The van der Waals surface area contributed by atoms with E-state index in [1.807, 2.05) is 0 Å². The van der Waals surface area contributed by atoms with Gasteiger partial charge in [0.2, 0.25) is 5.91 Å². The van der Waals surface area contributed by atoms with E-state index < -0.39 is 0 Å². The largest absolute Gasteiger partial charge is 0.351 e. The van der Waals surface area contributed by atoms with Gasteiger partial charge in [-0.2, -0.15) is 0 Å².